The van der Waals surface area contributed by atoms with E-state index in [0.29, 0.717) is 39.6 Å². The van der Waals surface area contributed by atoms with Gasteiger partial charge >= 0.3 is 5.69 Å². The van der Waals surface area contributed by atoms with Crippen molar-refractivity contribution in [1.29, 1.82) is 0 Å². The second kappa shape index (κ2) is 9.95. The third-order valence-electron chi connectivity index (χ3n) is 5.75. The summed E-state index contributed by atoms with van der Waals surface area (Å²) in [6, 6.07) is 13.1. The van der Waals surface area contributed by atoms with Gasteiger partial charge in [0.1, 0.15) is 18.1 Å². The monoisotopic (exact) mass is 496 g/mol. The Morgan fingerprint density at radius 3 is 2.34 bits per heavy atom. The maximum Gasteiger partial charge on any atom is 0.368 e. The van der Waals surface area contributed by atoms with Crippen LogP contribution in [0.15, 0.2) is 47.3 Å². The smallest absolute Gasteiger partial charge is 0.368 e. The second-order valence-corrected chi connectivity index (χ2v) is 9.28. The molecule has 0 aliphatic carbocycles. The van der Waals surface area contributed by atoms with Gasteiger partial charge in [-0.15, -0.1) is 0 Å². The zero-order chi connectivity index (χ0) is 25.3. The molecule has 0 amide bonds. The van der Waals surface area contributed by atoms with Crippen molar-refractivity contribution in [3.05, 3.63) is 74.9 Å². The molecule has 0 radical (unpaired) electrons. The van der Waals surface area contributed by atoms with Crippen molar-refractivity contribution in [3.8, 4) is 22.9 Å². The fraction of sp³-hybridized carbons (Fsp3) is 0.360. The van der Waals surface area contributed by atoms with Gasteiger partial charge in [0.15, 0.2) is 0 Å². The molecule has 0 bridgehead atoms. The Labute approximate surface area is 208 Å². The number of ether oxygens (including phenoxy) is 2. The van der Waals surface area contributed by atoms with Gasteiger partial charge in [-0.1, -0.05) is 45.4 Å². The minimum Gasteiger partial charge on any atom is -0.496 e. The average Bonchev–Trinajstić information content (AvgIpc) is 3.42. The molecule has 0 N–H and O–H groups in total. The lowest BCUT2D eigenvalue weighted by Crippen LogP contribution is -2.23. The highest BCUT2D eigenvalue weighted by molar-refractivity contribution is 6.32. The SMILES string of the molecule is COc1cccc(-n2nnn(C)c2=O)c1COc1ccc(-n2nc(C(C)C)cc2C(C)C)cc1Cl. The highest BCUT2D eigenvalue weighted by Crippen LogP contribution is 2.32. The summed E-state index contributed by atoms with van der Waals surface area (Å²) in [4.78, 5) is 12.4. The molecule has 0 aliphatic rings. The third kappa shape index (κ3) is 4.81. The molecule has 2 aromatic carbocycles. The molecular formula is C25H29ClN6O3. The van der Waals surface area contributed by atoms with Gasteiger partial charge < -0.3 is 9.47 Å². The van der Waals surface area contributed by atoms with E-state index < -0.39 is 0 Å². The van der Waals surface area contributed by atoms with Crippen molar-refractivity contribution in [1.82, 2.24) is 29.6 Å². The zero-order valence-electron chi connectivity index (χ0n) is 20.7. The molecule has 4 aromatic rings. The lowest BCUT2D eigenvalue weighted by Gasteiger charge is -2.15. The number of tetrazole rings is 1. The fourth-order valence-electron chi connectivity index (χ4n) is 3.76. The first-order valence-electron chi connectivity index (χ1n) is 11.4. The summed E-state index contributed by atoms with van der Waals surface area (Å²) in [5.74, 6) is 1.69. The van der Waals surface area contributed by atoms with Gasteiger partial charge in [0.25, 0.3) is 0 Å². The molecule has 4 rings (SSSR count). The van der Waals surface area contributed by atoms with E-state index >= 15 is 0 Å². The summed E-state index contributed by atoms with van der Waals surface area (Å²) >= 11 is 6.63. The normalized spacial score (nSPS) is 11.5. The first kappa shape index (κ1) is 24.5. The standard InChI is InChI=1S/C25H29ClN6O3/c1-15(2)20-13-22(16(3)4)31(27-20)17-10-11-24(19(26)12-17)35-14-18-21(8-7-9-23(18)34-6)32-25(33)30(5)28-29-32/h7-13,15-16H,14H2,1-6H3. The number of rotatable bonds is 8. The van der Waals surface area contributed by atoms with E-state index in [1.807, 2.05) is 22.9 Å². The first-order valence-corrected chi connectivity index (χ1v) is 11.8. The summed E-state index contributed by atoms with van der Waals surface area (Å²) in [7, 11) is 3.10. The Bertz CT molecular complexity index is 1400. The quantitative estimate of drug-likeness (QED) is 0.353. The molecule has 0 saturated carbocycles. The second-order valence-electron chi connectivity index (χ2n) is 8.87. The minimum atomic E-state index is -0.372. The van der Waals surface area contributed by atoms with Crippen molar-refractivity contribution in [2.75, 3.05) is 7.11 Å². The average molecular weight is 497 g/mol. The molecule has 0 atom stereocenters. The third-order valence-corrected chi connectivity index (χ3v) is 6.04. The van der Waals surface area contributed by atoms with E-state index in [1.54, 1.807) is 25.3 Å². The molecule has 2 heterocycles. The number of methoxy groups -OCH3 is 1. The maximum absolute atomic E-state index is 12.4. The van der Waals surface area contributed by atoms with Crippen molar-refractivity contribution < 1.29 is 9.47 Å². The molecule has 0 fully saturated rings. The molecule has 35 heavy (non-hydrogen) atoms. The van der Waals surface area contributed by atoms with Gasteiger partial charge in [0, 0.05) is 12.7 Å². The van der Waals surface area contributed by atoms with Gasteiger partial charge in [-0.25, -0.2) is 9.48 Å². The van der Waals surface area contributed by atoms with E-state index in [0.717, 1.165) is 21.8 Å². The Balaban J connectivity index is 1.65. The van der Waals surface area contributed by atoms with Gasteiger partial charge in [0.2, 0.25) is 0 Å². The number of hydrogen-bond acceptors (Lipinski definition) is 6. The van der Waals surface area contributed by atoms with Crippen LogP contribution in [0.1, 0.15) is 56.5 Å². The molecule has 9 nitrogen and oxygen atoms in total. The van der Waals surface area contributed by atoms with Gasteiger partial charge in [-0.3, -0.25) is 0 Å². The first-order chi connectivity index (χ1) is 16.7. The number of aryl methyl sites for hydroxylation is 1. The number of aromatic nitrogens is 6. The van der Waals surface area contributed by atoms with E-state index in [-0.39, 0.29) is 12.3 Å². The number of benzene rings is 2. The van der Waals surface area contributed by atoms with Crippen LogP contribution in [0, 0.1) is 0 Å². The van der Waals surface area contributed by atoms with Crippen LogP contribution < -0.4 is 15.2 Å². The summed E-state index contributed by atoms with van der Waals surface area (Å²) in [5, 5.41) is 13.0. The van der Waals surface area contributed by atoms with Crippen molar-refractivity contribution in [3.63, 3.8) is 0 Å². The van der Waals surface area contributed by atoms with Gasteiger partial charge in [0.05, 0.1) is 34.8 Å². The molecule has 2 aromatic heterocycles. The van der Waals surface area contributed by atoms with E-state index in [1.165, 1.54) is 11.7 Å². The van der Waals surface area contributed by atoms with Crippen molar-refractivity contribution in [2.45, 2.75) is 46.1 Å². The van der Waals surface area contributed by atoms with Crippen LogP contribution in [-0.4, -0.2) is 36.7 Å². The van der Waals surface area contributed by atoms with Crippen LogP contribution >= 0.6 is 11.6 Å². The molecule has 0 spiro atoms. The molecule has 184 valence electrons. The molecular weight excluding hydrogens is 468 g/mol. The number of nitrogens with zero attached hydrogens (tertiary/aromatic N) is 6. The van der Waals surface area contributed by atoms with Crippen LogP contribution in [0.5, 0.6) is 11.5 Å². The Morgan fingerprint density at radius 2 is 1.74 bits per heavy atom. The fourth-order valence-corrected chi connectivity index (χ4v) is 3.99. The summed E-state index contributed by atoms with van der Waals surface area (Å²) in [6.45, 7) is 8.65. The summed E-state index contributed by atoms with van der Waals surface area (Å²) < 4.78 is 15.9. The van der Waals surface area contributed by atoms with Gasteiger partial charge in [-0.2, -0.15) is 14.5 Å². The van der Waals surface area contributed by atoms with E-state index in [4.69, 9.17) is 26.2 Å². The van der Waals surface area contributed by atoms with Crippen molar-refractivity contribution in [2.24, 2.45) is 7.05 Å². The van der Waals surface area contributed by atoms with E-state index in [2.05, 4.69) is 44.2 Å². The predicted octanol–water partition coefficient (Wildman–Crippen LogP) is 4.64. The lowest BCUT2D eigenvalue weighted by molar-refractivity contribution is 0.296. The topological polar surface area (TPSA) is 89.0 Å². The van der Waals surface area contributed by atoms with Gasteiger partial charge in [-0.05, 0) is 58.7 Å². The Hall–Kier alpha value is -3.59. The Morgan fingerprint density at radius 1 is 0.971 bits per heavy atom. The number of halogens is 1. The van der Waals surface area contributed by atoms with Crippen LogP contribution in [0.2, 0.25) is 5.02 Å². The van der Waals surface area contributed by atoms with Crippen LogP contribution in [-0.2, 0) is 13.7 Å². The molecule has 0 unspecified atom stereocenters. The van der Waals surface area contributed by atoms with Crippen LogP contribution in [0.4, 0.5) is 0 Å². The highest BCUT2D eigenvalue weighted by atomic mass is 35.5. The maximum atomic E-state index is 12.4. The Kier molecular flexibility index (Phi) is 6.98. The van der Waals surface area contributed by atoms with Crippen LogP contribution in [0.25, 0.3) is 11.4 Å². The zero-order valence-corrected chi connectivity index (χ0v) is 21.4. The van der Waals surface area contributed by atoms with Crippen LogP contribution in [0.3, 0.4) is 0 Å². The molecule has 0 aliphatic heterocycles. The largest absolute Gasteiger partial charge is 0.496 e. The minimum absolute atomic E-state index is 0.109. The predicted molar refractivity (Wildman–Crippen MR) is 134 cm³/mol. The summed E-state index contributed by atoms with van der Waals surface area (Å²) in [6.07, 6.45) is 0. The molecule has 0 saturated heterocycles. The summed E-state index contributed by atoms with van der Waals surface area (Å²) in [5.41, 5.74) is 3.81. The molecule has 10 heteroatoms. The highest BCUT2D eigenvalue weighted by Gasteiger charge is 2.18. The van der Waals surface area contributed by atoms with E-state index in [9.17, 15) is 4.79 Å². The lowest BCUT2D eigenvalue weighted by atomic mass is 10.1. The number of hydrogen-bond donors (Lipinski definition) is 0. The van der Waals surface area contributed by atoms with Crippen molar-refractivity contribution >= 4 is 11.6 Å².